The lowest BCUT2D eigenvalue weighted by molar-refractivity contribution is 0.399. The molecule has 2 aromatic rings. The molecule has 0 aromatic carbocycles. The van der Waals surface area contributed by atoms with Crippen molar-refractivity contribution in [2.45, 2.75) is 6.92 Å². The number of anilines is 1. The summed E-state index contributed by atoms with van der Waals surface area (Å²) < 4.78 is 4.90. The first-order chi connectivity index (χ1) is 6.68. The standard InChI is InChI=1S/C9H9N3O2/c1-5-4-7(12-14-5)6-2-3-11-9(13)8(6)10/h2-4H,10H2,1H3,(H,11,13). The Bertz CT molecular complexity index is 513. The quantitative estimate of drug-likeness (QED) is 0.701. The molecule has 0 saturated heterocycles. The van der Waals surface area contributed by atoms with Crippen LogP contribution < -0.4 is 11.3 Å². The van der Waals surface area contributed by atoms with Gasteiger partial charge in [0, 0.05) is 17.8 Å². The van der Waals surface area contributed by atoms with E-state index < -0.39 is 0 Å². The van der Waals surface area contributed by atoms with E-state index in [0.29, 0.717) is 17.0 Å². The lowest BCUT2D eigenvalue weighted by Gasteiger charge is -1.98. The lowest BCUT2D eigenvalue weighted by Crippen LogP contribution is -2.11. The average molecular weight is 191 g/mol. The van der Waals surface area contributed by atoms with E-state index in [9.17, 15) is 4.79 Å². The summed E-state index contributed by atoms with van der Waals surface area (Å²) in [6.07, 6.45) is 1.53. The molecular weight excluding hydrogens is 182 g/mol. The molecule has 3 N–H and O–H groups in total. The molecule has 0 aliphatic carbocycles. The Labute approximate surface area is 79.5 Å². The summed E-state index contributed by atoms with van der Waals surface area (Å²) >= 11 is 0. The van der Waals surface area contributed by atoms with E-state index in [-0.39, 0.29) is 11.2 Å². The Morgan fingerprint density at radius 2 is 2.36 bits per heavy atom. The van der Waals surface area contributed by atoms with Gasteiger partial charge in [-0.25, -0.2) is 0 Å². The fourth-order valence-electron chi connectivity index (χ4n) is 1.21. The van der Waals surface area contributed by atoms with Gasteiger partial charge < -0.3 is 15.2 Å². The number of nitrogen functional groups attached to an aromatic ring is 1. The summed E-state index contributed by atoms with van der Waals surface area (Å²) in [7, 11) is 0. The van der Waals surface area contributed by atoms with Crippen molar-refractivity contribution < 1.29 is 4.52 Å². The molecule has 0 amide bonds. The van der Waals surface area contributed by atoms with Crippen LogP contribution in [0.5, 0.6) is 0 Å². The fourth-order valence-corrected chi connectivity index (χ4v) is 1.21. The average Bonchev–Trinajstić information content (AvgIpc) is 2.57. The highest BCUT2D eigenvalue weighted by atomic mass is 16.5. The van der Waals surface area contributed by atoms with Gasteiger partial charge in [0.05, 0.1) is 0 Å². The number of nitrogens with two attached hydrogens (primary N) is 1. The lowest BCUT2D eigenvalue weighted by atomic mass is 10.1. The molecular formula is C9H9N3O2. The smallest absolute Gasteiger partial charge is 0.271 e. The van der Waals surface area contributed by atoms with Crippen LogP contribution in [0.15, 0.2) is 27.6 Å². The maximum Gasteiger partial charge on any atom is 0.271 e. The molecule has 0 spiro atoms. The number of aromatic nitrogens is 2. The number of nitrogens with zero attached hydrogens (tertiary/aromatic N) is 1. The zero-order chi connectivity index (χ0) is 10.1. The summed E-state index contributed by atoms with van der Waals surface area (Å²) in [6.45, 7) is 1.78. The van der Waals surface area contributed by atoms with Crippen LogP contribution >= 0.6 is 0 Å². The van der Waals surface area contributed by atoms with E-state index >= 15 is 0 Å². The monoisotopic (exact) mass is 191 g/mol. The summed E-state index contributed by atoms with van der Waals surface area (Å²) in [4.78, 5) is 13.7. The molecule has 72 valence electrons. The Morgan fingerprint density at radius 3 is 3.00 bits per heavy atom. The van der Waals surface area contributed by atoms with Gasteiger partial charge in [0.15, 0.2) is 0 Å². The van der Waals surface area contributed by atoms with Gasteiger partial charge in [-0.2, -0.15) is 0 Å². The van der Waals surface area contributed by atoms with Gasteiger partial charge in [0.2, 0.25) is 0 Å². The third kappa shape index (κ3) is 1.28. The molecule has 0 aliphatic heterocycles. The Morgan fingerprint density at radius 1 is 1.57 bits per heavy atom. The molecule has 0 radical (unpaired) electrons. The van der Waals surface area contributed by atoms with Crippen molar-refractivity contribution in [3.63, 3.8) is 0 Å². The van der Waals surface area contributed by atoms with Crippen molar-refractivity contribution in [1.29, 1.82) is 0 Å². The number of aryl methyl sites for hydroxylation is 1. The van der Waals surface area contributed by atoms with Crippen molar-refractivity contribution in [2.75, 3.05) is 5.73 Å². The number of hydrogen-bond acceptors (Lipinski definition) is 4. The predicted octanol–water partition coefficient (Wildman–Crippen LogP) is 0.921. The van der Waals surface area contributed by atoms with Gasteiger partial charge in [-0.1, -0.05) is 5.16 Å². The van der Waals surface area contributed by atoms with E-state index in [1.165, 1.54) is 6.20 Å². The topological polar surface area (TPSA) is 84.9 Å². The van der Waals surface area contributed by atoms with E-state index in [1.807, 2.05) is 0 Å². The van der Waals surface area contributed by atoms with Gasteiger partial charge in [0.25, 0.3) is 5.56 Å². The molecule has 2 aromatic heterocycles. The zero-order valence-electron chi connectivity index (χ0n) is 7.57. The molecule has 5 heteroatoms. The molecule has 0 saturated carbocycles. The van der Waals surface area contributed by atoms with Crippen LogP contribution in [-0.4, -0.2) is 10.1 Å². The molecule has 14 heavy (non-hydrogen) atoms. The summed E-state index contributed by atoms with van der Waals surface area (Å²) in [6, 6.07) is 3.42. The van der Waals surface area contributed by atoms with Crippen LogP contribution in [0.3, 0.4) is 0 Å². The van der Waals surface area contributed by atoms with Gasteiger partial charge in [-0.15, -0.1) is 0 Å². The first-order valence-electron chi connectivity index (χ1n) is 4.09. The molecule has 2 rings (SSSR count). The van der Waals surface area contributed by atoms with Gasteiger partial charge in [0.1, 0.15) is 17.1 Å². The Hall–Kier alpha value is -2.04. The highest BCUT2D eigenvalue weighted by Crippen LogP contribution is 2.21. The van der Waals surface area contributed by atoms with Crippen molar-refractivity contribution >= 4 is 5.69 Å². The SMILES string of the molecule is Cc1cc(-c2cc[nH]c(=O)c2N)no1. The van der Waals surface area contributed by atoms with Crippen molar-refractivity contribution in [2.24, 2.45) is 0 Å². The summed E-state index contributed by atoms with van der Waals surface area (Å²) in [5.74, 6) is 0.680. The van der Waals surface area contributed by atoms with Crippen LogP contribution in [0.4, 0.5) is 5.69 Å². The third-order valence-corrected chi connectivity index (χ3v) is 1.90. The van der Waals surface area contributed by atoms with E-state index in [0.717, 1.165) is 0 Å². The van der Waals surface area contributed by atoms with E-state index in [2.05, 4.69) is 10.1 Å². The molecule has 2 heterocycles. The van der Waals surface area contributed by atoms with Crippen LogP contribution in [0.1, 0.15) is 5.76 Å². The molecule has 0 aliphatic rings. The predicted molar refractivity (Wildman–Crippen MR) is 51.7 cm³/mol. The second-order valence-electron chi connectivity index (χ2n) is 2.96. The number of nitrogens with one attached hydrogen (secondary N) is 1. The number of H-pyrrole nitrogens is 1. The molecule has 0 bridgehead atoms. The Kier molecular flexibility index (Phi) is 1.85. The number of aromatic amines is 1. The highest BCUT2D eigenvalue weighted by Gasteiger charge is 2.08. The molecule has 0 atom stereocenters. The molecule has 0 fully saturated rings. The molecule has 5 nitrogen and oxygen atoms in total. The van der Waals surface area contributed by atoms with Crippen LogP contribution in [0, 0.1) is 6.92 Å². The Balaban J connectivity index is 2.63. The first kappa shape index (κ1) is 8.55. The van der Waals surface area contributed by atoms with E-state index in [4.69, 9.17) is 10.3 Å². The number of hydrogen-bond donors (Lipinski definition) is 2. The third-order valence-electron chi connectivity index (χ3n) is 1.90. The van der Waals surface area contributed by atoms with Crippen LogP contribution in [-0.2, 0) is 0 Å². The second kappa shape index (κ2) is 3.02. The minimum absolute atomic E-state index is 0.154. The fraction of sp³-hybridized carbons (Fsp3) is 0.111. The van der Waals surface area contributed by atoms with E-state index in [1.54, 1.807) is 19.1 Å². The van der Waals surface area contributed by atoms with Gasteiger partial charge >= 0.3 is 0 Å². The highest BCUT2D eigenvalue weighted by molar-refractivity contribution is 5.72. The van der Waals surface area contributed by atoms with Gasteiger partial charge in [-0.3, -0.25) is 4.79 Å². The normalized spacial score (nSPS) is 10.4. The van der Waals surface area contributed by atoms with Crippen molar-refractivity contribution in [3.8, 4) is 11.3 Å². The largest absolute Gasteiger partial charge is 0.394 e. The maximum atomic E-state index is 11.2. The van der Waals surface area contributed by atoms with Crippen LogP contribution in [0.25, 0.3) is 11.3 Å². The summed E-state index contributed by atoms with van der Waals surface area (Å²) in [5.41, 5.74) is 6.60. The van der Waals surface area contributed by atoms with Crippen molar-refractivity contribution in [3.05, 3.63) is 34.4 Å². The second-order valence-corrected chi connectivity index (χ2v) is 2.96. The molecule has 0 unspecified atom stereocenters. The first-order valence-corrected chi connectivity index (χ1v) is 4.09. The maximum absolute atomic E-state index is 11.2. The van der Waals surface area contributed by atoms with Crippen LogP contribution in [0.2, 0.25) is 0 Å². The summed E-state index contributed by atoms with van der Waals surface area (Å²) in [5, 5.41) is 3.78. The number of pyridine rings is 1. The van der Waals surface area contributed by atoms with Gasteiger partial charge in [-0.05, 0) is 13.0 Å². The minimum Gasteiger partial charge on any atom is -0.394 e. The van der Waals surface area contributed by atoms with Crippen molar-refractivity contribution in [1.82, 2.24) is 10.1 Å². The minimum atomic E-state index is -0.317. The number of rotatable bonds is 1. The zero-order valence-corrected chi connectivity index (χ0v) is 7.57.